The fourth-order valence-corrected chi connectivity index (χ4v) is 2.75. The normalized spacial score (nSPS) is 26.9. The summed E-state index contributed by atoms with van der Waals surface area (Å²) in [5.74, 6) is 0.798. The first-order valence-corrected chi connectivity index (χ1v) is 6.68. The number of allylic oxidation sites excluding steroid dienone is 1. The topological polar surface area (TPSA) is 3.24 Å². The molecule has 1 rings (SSSR count). The van der Waals surface area contributed by atoms with Crippen LogP contribution in [0.4, 0.5) is 0 Å². The van der Waals surface area contributed by atoms with Crippen molar-refractivity contribution < 1.29 is 0 Å². The molecule has 0 bridgehead atoms. The van der Waals surface area contributed by atoms with Gasteiger partial charge >= 0.3 is 0 Å². The Bertz CT molecular complexity index is 162. The van der Waals surface area contributed by atoms with Crippen molar-refractivity contribution in [3.05, 3.63) is 12.7 Å². The molecule has 1 saturated carbocycles. The van der Waals surface area contributed by atoms with Crippen LogP contribution in [0.3, 0.4) is 0 Å². The van der Waals surface area contributed by atoms with E-state index < -0.39 is 0 Å². The molecule has 0 spiro atoms. The maximum Gasteiger partial charge on any atom is 0.00956 e. The van der Waals surface area contributed by atoms with Gasteiger partial charge in [-0.25, -0.2) is 0 Å². The first kappa shape index (κ1) is 12.8. The van der Waals surface area contributed by atoms with Gasteiger partial charge in [0.2, 0.25) is 0 Å². The van der Waals surface area contributed by atoms with Gasteiger partial charge in [0.25, 0.3) is 0 Å². The van der Waals surface area contributed by atoms with E-state index in [0.717, 1.165) is 12.0 Å². The van der Waals surface area contributed by atoms with Gasteiger partial charge in [-0.05, 0) is 57.5 Å². The molecule has 0 aliphatic heterocycles. The summed E-state index contributed by atoms with van der Waals surface area (Å²) in [6, 6.07) is 0.862. The van der Waals surface area contributed by atoms with Crippen LogP contribution in [0.25, 0.3) is 0 Å². The summed E-state index contributed by atoms with van der Waals surface area (Å²) < 4.78 is 0. The minimum atomic E-state index is 0.798. The van der Waals surface area contributed by atoms with E-state index in [9.17, 15) is 0 Å². The highest BCUT2D eigenvalue weighted by atomic mass is 15.1. The van der Waals surface area contributed by atoms with E-state index in [-0.39, 0.29) is 0 Å². The maximum atomic E-state index is 3.91. The Morgan fingerprint density at radius 2 is 1.60 bits per heavy atom. The van der Waals surface area contributed by atoms with Gasteiger partial charge in [-0.15, -0.1) is 6.58 Å². The lowest BCUT2D eigenvalue weighted by Crippen LogP contribution is -2.38. The number of hydrogen-bond acceptors (Lipinski definition) is 1. The Balaban J connectivity index is 2.37. The molecular formula is C14H27N. The zero-order valence-electron chi connectivity index (χ0n) is 10.5. The average Bonchev–Trinajstić information content (AvgIpc) is 2.29. The lowest BCUT2D eigenvalue weighted by Gasteiger charge is -2.36. The highest BCUT2D eigenvalue weighted by Gasteiger charge is 2.23. The zero-order valence-corrected chi connectivity index (χ0v) is 10.5. The van der Waals surface area contributed by atoms with Crippen LogP contribution in [0.2, 0.25) is 0 Å². The Labute approximate surface area is 95.5 Å². The Morgan fingerprint density at radius 1 is 1.07 bits per heavy atom. The van der Waals surface area contributed by atoms with Crippen LogP contribution in [0, 0.1) is 5.92 Å². The third-order valence-corrected chi connectivity index (χ3v) is 3.61. The molecule has 15 heavy (non-hydrogen) atoms. The van der Waals surface area contributed by atoms with Crippen molar-refractivity contribution in [1.29, 1.82) is 0 Å². The lowest BCUT2D eigenvalue weighted by molar-refractivity contribution is 0.145. The van der Waals surface area contributed by atoms with Crippen molar-refractivity contribution in [3.63, 3.8) is 0 Å². The molecule has 0 saturated heterocycles. The molecule has 1 aliphatic carbocycles. The first-order chi connectivity index (χ1) is 7.31. The Kier molecular flexibility index (Phi) is 6.00. The van der Waals surface area contributed by atoms with Crippen LogP contribution < -0.4 is 0 Å². The van der Waals surface area contributed by atoms with Crippen molar-refractivity contribution in [2.24, 2.45) is 5.92 Å². The molecule has 0 atom stereocenters. The highest BCUT2D eigenvalue weighted by Crippen LogP contribution is 2.28. The lowest BCUT2D eigenvalue weighted by atomic mass is 9.85. The summed E-state index contributed by atoms with van der Waals surface area (Å²) in [6.45, 7) is 11.1. The average molecular weight is 209 g/mol. The summed E-state index contributed by atoms with van der Waals surface area (Å²) in [7, 11) is 0. The second kappa shape index (κ2) is 7.05. The summed E-state index contributed by atoms with van der Waals surface area (Å²) in [5.41, 5.74) is 0. The minimum Gasteiger partial charge on any atom is -0.300 e. The number of hydrogen-bond donors (Lipinski definition) is 0. The standard InChI is InChI=1S/C14H27N/c1-4-11-15(12-5-2)14-9-7-13(6-3)8-10-14/h6,13-14H,3-5,7-12H2,1-2H3. The van der Waals surface area contributed by atoms with Gasteiger partial charge < -0.3 is 4.90 Å². The van der Waals surface area contributed by atoms with Gasteiger partial charge in [0.15, 0.2) is 0 Å². The predicted octanol–water partition coefficient (Wildman–Crippen LogP) is 3.85. The molecule has 0 N–H and O–H groups in total. The van der Waals surface area contributed by atoms with Crippen molar-refractivity contribution in [1.82, 2.24) is 4.90 Å². The number of rotatable bonds is 6. The van der Waals surface area contributed by atoms with E-state index in [2.05, 4.69) is 31.4 Å². The molecule has 0 radical (unpaired) electrons. The van der Waals surface area contributed by atoms with E-state index >= 15 is 0 Å². The molecule has 0 aromatic carbocycles. The van der Waals surface area contributed by atoms with Crippen molar-refractivity contribution in [2.75, 3.05) is 13.1 Å². The third kappa shape index (κ3) is 3.98. The first-order valence-electron chi connectivity index (χ1n) is 6.68. The molecule has 0 amide bonds. The van der Waals surface area contributed by atoms with Crippen LogP contribution in [0.5, 0.6) is 0 Å². The Morgan fingerprint density at radius 3 is 2.00 bits per heavy atom. The summed E-state index contributed by atoms with van der Waals surface area (Å²) in [4.78, 5) is 2.71. The van der Waals surface area contributed by atoms with Crippen LogP contribution in [-0.2, 0) is 0 Å². The Hall–Kier alpha value is -0.300. The van der Waals surface area contributed by atoms with E-state index in [1.807, 2.05) is 0 Å². The van der Waals surface area contributed by atoms with Gasteiger partial charge in [-0.2, -0.15) is 0 Å². The molecule has 1 aliphatic rings. The molecule has 0 heterocycles. The fraction of sp³-hybridized carbons (Fsp3) is 0.857. The van der Waals surface area contributed by atoms with Gasteiger partial charge in [0, 0.05) is 6.04 Å². The van der Waals surface area contributed by atoms with Crippen LogP contribution in [0.15, 0.2) is 12.7 Å². The highest BCUT2D eigenvalue weighted by molar-refractivity contribution is 4.87. The van der Waals surface area contributed by atoms with Crippen molar-refractivity contribution in [2.45, 2.75) is 58.4 Å². The summed E-state index contributed by atoms with van der Waals surface area (Å²) in [5, 5.41) is 0. The predicted molar refractivity (Wildman–Crippen MR) is 68.1 cm³/mol. The third-order valence-electron chi connectivity index (χ3n) is 3.61. The minimum absolute atomic E-state index is 0.798. The molecule has 0 aromatic heterocycles. The molecule has 0 aromatic rings. The SMILES string of the molecule is C=CC1CCC(N(CCC)CCC)CC1. The molecular weight excluding hydrogens is 182 g/mol. The van der Waals surface area contributed by atoms with Gasteiger partial charge in [-0.3, -0.25) is 0 Å². The fourth-order valence-electron chi connectivity index (χ4n) is 2.75. The smallest absolute Gasteiger partial charge is 0.00956 e. The van der Waals surface area contributed by atoms with Gasteiger partial charge in [-0.1, -0.05) is 19.9 Å². The van der Waals surface area contributed by atoms with Crippen LogP contribution in [0.1, 0.15) is 52.4 Å². The van der Waals surface area contributed by atoms with Crippen LogP contribution in [-0.4, -0.2) is 24.0 Å². The number of nitrogens with zero attached hydrogens (tertiary/aromatic N) is 1. The summed E-state index contributed by atoms with van der Waals surface area (Å²) in [6.07, 6.45) is 10.2. The quantitative estimate of drug-likeness (QED) is 0.601. The van der Waals surface area contributed by atoms with E-state index in [1.165, 1.54) is 51.6 Å². The molecule has 1 nitrogen and oxygen atoms in total. The van der Waals surface area contributed by atoms with E-state index in [1.54, 1.807) is 0 Å². The monoisotopic (exact) mass is 209 g/mol. The van der Waals surface area contributed by atoms with E-state index in [0.29, 0.717) is 0 Å². The largest absolute Gasteiger partial charge is 0.300 e. The zero-order chi connectivity index (χ0) is 11.1. The van der Waals surface area contributed by atoms with Crippen LogP contribution >= 0.6 is 0 Å². The van der Waals surface area contributed by atoms with E-state index in [4.69, 9.17) is 0 Å². The molecule has 0 unspecified atom stereocenters. The second-order valence-corrected chi connectivity index (χ2v) is 4.84. The maximum absolute atomic E-state index is 3.91. The van der Waals surface area contributed by atoms with Crippen molar-refractivity contribution >= 4 is 0 Å². The van der Waals surface area contributed by atoms with Gasteiger partial charge in [0.05, 0.1) is 0 Å². The molecule has 1 fully saturated rings. The van der Waals surface area contributed by atoms with Crippen molar-refractivity contribution in [3.8, 4) is 0 Å². The summed E-state index contributed by atoms with van der Waals surface area (Å²) >= 11 is 0. The molecule has 88 valence electrons. The second-order valence-electron chi connectivity index (χ2n) is 4.84. The molecule has 1 heteroatoms. The van der Waals surface area contributed by atoms with Gasteiger partial charge in [0.1, 0.15) is 0 Å².